The van der Waals surface area contributed by atoms with Crippen LogP contribution in [-0.2, 0) is 9.59 Å². The monoisotopic (exact) mass is 339 g/mol. The first kappa shape index (κ1) is 22.7. The summed E-state index contributed by atoms with van der Waals surface area (Å²) in [5.41, 5.74) is 0. The highest BCUT2D eigenvalue weighted by Crippen LogP contribution is 2.18. The molecule has 0 aliphatic rings. The number of carbonyl (C=O) groups excluding carboxylic acids is 1. The van der Waals surface area contributed by atoms with Crippen LogP contribution in [0.25, 0.3) is 0 Å². The Morgan fingerprint density at radius 3 is 2.08 bits per heavy atom. The van der Waals surface area contributed by atoms with Gasteiger partial charge in [0.2, 0.25) is 5.91 Å². The molecule has 4 nitrogen and oxygen atoms in total. The Balaban J connectivity index is 3.99. The van der Waals surface area contributed by atoms with Gasteiger partial charge in [0.05, 0.1) is 6.42 Å². The Hall–Kier alpha value is -1.32. The SMILES string of the molecule is CCC/C=C/CCCCCCCC(CC(=O)O)C(=O)N(CC)CC. The van der Waals surface area contributed by atoms with Crippen molar-refractivity contribution in [2.24, 2.45) is 5.92 Å². The van der Waals surface area contributed by atoms with Gasteiger partial charge in [0.25, 0.3) is 0 Å². The molecule has 0 heterocycles. The van der Waals surface area contributed by atoms with Crippen molar-refractivity contribution in [3.8, 4) is 0 Å². The van der Waals surface area contributed by atoms with E-state index >= 15 is 0 Å². The molecule has 1 amide bonds. The molecule has 4 heteroatoms. The fraction of sp³-hybridized carbons (Fsp3) is 0.800. The van der Waals surface area contributed by atoms with Crippen LogP contribution in [0.4, 0.5) is 0 Å². The Morgan fingerprint density at radius 1 is 0.917 bits per heavy atom. The smallest absolute Gasteiger partial charge is 0.304 e. The summed E-state index contributed by atoms with van der Waals surface area (Å²) in [6, 6.07) is 0. The molecule has 0 fully saturated rings. The van der Waals surface area contributed by atoms with E-state index in [0.29, 0.717) is 19.5 Å². The number of hydrogen-bond donors (Lipinski definition) is 1. The van der Waals surface area contributed by atoms with Gasteiger partial charge in [-0.25, -0.2) is 0 Å². The van der Waals surface area contributed by atoms with Gasteiger partial charge in [-0.05, 0) is 39.5 Å². The van der Waals surface area contributed by atoms with Crippen molar-refractivity contribution in [3.63, 3.8) is 0 Å². The van der Waals surface area contributed by atoms with Crippen LogP contribution in [0.3, 0.4) is 0 Å². The molecular formula is C20H37NO3. The third-order valence-electron chi connectivity index (χ3n) is 4.39. The zero-order chi connectivity index (χ0) is 18.2. The van der Waals surface area contributed by atoms with Gasteiger partial charge >= 0.3 is 5.97 Å². The van der Waals surface area contributed by atoms with E-state index in [1.165, 1.54) is 32.1 Å². The van der Waals surface area contributed by atoms with Crippen molar-refractivity contribution >= 4 is 11.9 Å². The van der Waals surface area contributed by atoms with E-state index in [4.69, 9.17) is 5.11 Å². The van der Waals surface area contributed by atoms with E-state index in [1.807, 2.05) is 13.8 Å². The van der Waals surface area contributed by atoms with Gasteiger partial charge in [0.1, 0.15) is 0 Å². The number of carbonyl (C=O) groups is 2. The van der Waals surface area contributed by atoms with Crippen LogP contribution < -0.4 is 0 Å². The molecule has 0 saturated heterocycles. The average molecular weight is 340 g/mol. The first-order chi connectivity index (χ1) is 11.6. The third-order valence-corrected chi connectivity index (χ3v) is 4.39. The Morgan fingerprint density at radius 2 is 1.50 bits per heavy atom. The molecule has 140 valence electrons. The predicted molar refractivity (Wildman–Crippen MR) is 100 cm³/mol. The molecule has 0 spiro atoms. The van der Waals surface area contributed by atoms with E-state index in [0.717, 1.165) is 19.3 Å². The summed E-state index contributed by atoms with van der Waals surface area (Å²) in [5.74, 6) is -1.23. The van der Waals surface area contributed by atoms with Crippen LogP contribution in [0.2, 0.25) is 0 Å². The van der Waals surface area contributed by atoms with Crippen molar-refractivity contribution in [3.05, 3.63) is 12.2 Å². The number of carboxylic acids is 1. The summed E-state index contributed by atoms with van der Waals surface area (Å²) >= 11 is 0. The molecule has 0 aromatic carbocycles. The number of amides is 1. The zero-order valence-corrected chi connectivity index (χ0v) is 15.9. The summed E-state index contributed by atoms with van der Waals surface area (Å²) in [5, 5.41) is 9.04. The fourth-order valence-corrected chi connectivity index (χ4v) is 2.90. The van der Waals surface area contributed by atoms with Crippen LogP contribution in [0, 0.1) is 5.92 Å². The standard InChI is InChI=1S/C20H37NO3/c1-4-7-8-9-10-11-12-13-14-15-16-18(17-19(22)23)20(24)21(5-2)6-3/h8-9,18H,4-7,10-17H2,1-3H3,(H,22,23)/b9-8+. The van der Waals surface area contributed by atoms with E-state index in [2.05, 4.69) is 19.1 Å². The number of allylic oxidation sites excluding steroid dienone is 2. The second-order valence-electron chi connectivity index (χ2n) is 6.41. The largest absolute Gasteiger partial charge is 0.481 e. The molecule has 0 rings (SSSR count). The van der Waals surface area contributed by atoms with Crippen LogP contribution in [-0.4, -0.2) is 35.0 Å². The number of hydrogen-bond acceptors (Lipinski definition) is 2. The Kier molecular flexibility index (Phi) is 14.4. The molecule has 0 aromatic rings. The lowest BCUT2D eigenvalue weighted by Crippen LogP contribution is -2.36. The average Bonchev–Trinajstić information content (AvgIpc) is 2.56. The van der Waals surface area contributed by atoms with Crippen molar-refractivity contribution in [2.75, 3.05) is 13.1 Å². The summed E-state index contributed by atoms with van der Waals surface area (Å²) in [7, 11) is 0. The van der Waals surface area contributed by atoms with Gasteiger partial charge < -0.3 is 10.0 Å². The van der Waals surface area contributed by atoms with Gasteiger partial charge in [0, 0.05) is 19.0 Å². The third kappa shape index (κ3) is 11.3. The van der Waals surface area contributed by atoms with E-state index < -0.39 is 5.97 Å². The van der Waals surface area contributed by atoms with E-state index in [9.17, 15) is 9.59 Å². The van der Waals surface area contributed by atoms with Crippen molar-refractivity contribution in [2.45, 2.75) is 85.0 Å². The maximum absolute atomic E-state index is 12.4. The Labute approximate surface area is 148 Å². The minimum atomic E-state index is -0.876. The lowest BCUT2D eigenvalue weighted by atomic mass is 9.95. The number of rotatable bonds is 15. The fourth-order valence-electron chi connectivity index (χ4n) is 2.90. The van der Waals surface area contributed by atoms with Gasteiger partial charge in [-0.15, -0.1) is 0 Å². The van der Waals surface area contributed by atoms with Crippen LogP contribution in [0.1, 0.15) is 85.0 Å². The zero-order valence-electron chi connectivity index (χ0n) is 15.9. The summed E-state index contributed by atoms with van der Waals surface area (Å²) in [6.45, 7) is 7.36. The van der Waals surface area contributed by atoms with Crippen molar-refractivity contribution < 1.29 is 14.7 Å². The van der Waals surface area contributed by atoms with Gasteiger partial charge in [-0.2, -0.15) is 0 Å². The second kappa shape index (κ2) is 15.2. The van der Waals surface area contributed by atoms with E-state index in [-0.39, 0.29) is 18.2 Å². The number of aliphatic carboxylic acids is 1. The predicted octanol–water partition coefficient (Wildman–Crippen LogP) is 5.03. The summed E-state index contributed by atoms with van der Waals surface area (Å²) in [4.78, 5) is 25.2. The number of carboxylic acid groups (broad SMARTS) is 1. The summed E-state index contributed by atoms with van der Waals surface area (Å²) in [6.07, 6.45) is 14.3. The van der Waals surface area contributed by atoms with Gasteiger partial charge in [0.15, 0.2) is 0 Å². The highest BCUT2D eigenvalue weighted by atomic mass is 16.4. The molecule has 0 aromatic heterocycles. The van der Waals surface area contributed by atoms with Gasteiger partial charge in [-0.3, -0.25) is 9.59 Å². The first-order valence-corrected chi connectivity index (χ1v) is 9.72. The minimum Gasteiger partial charge on any atom is -0.481 e. The maximum atomic E-state index is 12.4. The minimum absolute atomic E-state index is 0.00320. The number of nitrogens with zero attached hydrogens (tertiary/aromatic N) is 1. The second-order valence-corrected chi connectivity index (χ2v) is 6.41. The molecule has 0 radical (unpaired) electrons. The molecule has 1 N–H and O–H groups in total. The number of unbranched alkanes of at least 4 members (excludes halogenated alkanes) is 6. The maximum Gasteiger partial charge on any atom is 0.304 e. The van der Waals surface area contributed by atoms with Crippen molar-refractivity contribution in [1.29, 1.82) is 0 Å². The highest BCUT2D eigenvalue weighted by Gasteiger charge is 2.24. The topological polar surface area (TPSA) is 57.6 Å². The molecule has 0 aliphatic heterocycles. The first-order valence-electron chi connectivity index (χ1n) is 9.72. The van der Waals surface area contributed by atoms with E-state index in [1.54, 1.807) is 4.90 Å². The molecule has 24 heavy (non-hydrogen) atoms. The van der Waals surface area contributed by atoms with Crippen LogP contribution in [0.15, 0.2) is 12.2 Å². The highest BCUT2D eigenvalue weighted by molar-refractivity contribution is 5.83. The molecular weight excluding hydrogens is 302 g/mol. The lowest BCUT2D eigenvalue weighted by Gasteiger charge is -2.24. The summed E-state index contributed by atoms with van der Waals surface area (Å²) < 4.78 is 0. The quantitative estimate of drug-likeness (QED) is 0.336. The van der Waals surface area contributed by atoms with Crippen molar-refractivity contribution in [1.82, 2.24) is 4.90 Å². The Bertz CT molecular complexity index is 362. The van der Waals surface area contributed by atoms with Crippen LogP contribution in [0.5, 0.6) is 0 Å². The molecule has 1 unspecified atom stereocenters. The lowest BCUT2D eigenvalue weighted by molar-refractivity contribution is -0.144. The molecule has 0 aliphatic carbocycles. The molecule has 0 saturated carbocycles. The van der Waals surface area contributed by atoms with Crippen LogP contribution >= 0.6 is 0 Å². The molecule has 1 atom stereocenters. The normalized spacial score (nSPS) is 12.5. The molecule has 0 bridgehead atoms. The van der Waals surface area contributed by atoms with Gasteiger partial charge in [-0.1, -0.05) is 51.2 Å².